The van der Waals surface area contributed by atoms with Gasteiger partial charge in [0.15, 0.2) is 6.61 Å². The molecule has 1 aliphatic carbocycles. The number of carbonyl (C=O) groups excluding carboxylic acids is 4. The molecule has 0 radical (unpaired) electrons. The van der Waals surface area contributed by atoms with Crippen LogP contribution in [0.2, 0.25) is 0 Å². The van der Waals surface area contributed by atoms with E-state index in [0.29, 0.717) is 18.5 Å². The first-order valence-electron chi connectivity index (χ1n) is 9.84. The molecule has 3 rings (SSSR count). The summed E-state index contributed by atoms with van der Waals surface area (Å²) in [5, 5.41) is 2.65. The van der Waals surface area contributed by atoms with Crippen LogP contribution >= 0.6 is 0 Å². The Morgan fingerprint density at radius 3 is 2.21 bits per heavy atom. The third-order valence-electron chi connectivity index (χ3n) is 5.60. The summed E-state index contributed by atoms with van der Waals surface area (Å²) in [4.78, 5) is 50.5. The van der Waals surface area contributed by atoms with Gasteiger partial charge < -0.3 is 10.1 Å². The molecule has 0 bridgehead atoms. The standard InChI is InChI=1S/C21H26N2O5/c1-3-14-8-10-15(11-9-14)22-18(24)12-28-21(27)13(2)23-19(25)16-6-4-5-7-17(16)20(23)26/h8-11,13,16-17H,3-7,12H2,1-2H3,(H,22,24)/t13-,16-,17-/m0/s1. The predicted octanol–water partition coefficient (Wildman–Crippen LogP) is 2.29. The molecule has 150 valence electrons. The minimum atomic E-state index is -1.03. The van der Waals surface area contributed by atoms with E-state index in [1.54, 1.807) is 12.1 Å². The first-order chi connectivity index (χ1) is 13.4. The number of fused-ring (bicyclic) bond motifs is 1. The van der Waals surface area contributed by atoms with Crippen LogP contribution in [-0.2, 0) is 30.3 Å². The maximum Gasteiger partial charge on any atom is 0.329 e. The molecule has 1 saturated carbocycles. The number of anilines is 1. The molecule has 28 heavy (non-hydrogen) atoms. The zero-order chi connectivity index (χ0) is 20.3. The zero-order valence-electron chi connectivity index (χ0n) is 16.3. The lowest BCUT2D eigenvalue weighted by Gasteiger charge is -2.21. The van der Waals surface area contributed by atoms with Crippen LogP contribution in [0.4, 0.5) is 5.69 Å². The molecule has 0 aromatic heterocycles. The molecule has 0 unspecified atom stereocenters. The third-order valence-corrected chi connectivity index (χ3v) is 5.60. The van der Waals surface area contributed by atoms with E-state index in [1.807, 2.05) is 19.1 Å². The average molecular weight is 386 g/mol. The highest BCUT2D eigenvalue weighted by Crippen LogP contribution is 2.38. The van der Waals surface area contributed by atoms with Gasteiger partial charge in [0.1, 0.15) is 6.04 Å². The van der Waals surface area contributed by atoms with E-state index < -0.39 is 24.5 Å². The minimum Gasteiger partial charge on any atom is -0.454 e. The maximum absolute atomic E-state index is 12.5. The molecule has 1 aromatic rings. The molecule has 2 fully saturated rings. The number of aryl methyl sites for hydroxylation is 1. The van der Waals surface area contributed by atoms with Crippen LogP contribution in [0.1, 0.15) is 45.1 Å². The summed E-state index contributed by atoms with van der Waals surface area (Å²) in [5.41, 5.74) is 1.76. The summed E-state index contributed by atoms with van der Waals surface area (Å²) < 4.78 is 5.05. The summed E-state index contributed by atoms with van der Waals surface area (Å²) in [7, 11) is 0. The van der Waals surface area contributed by atoms with Crippen molar-refractivity contribution in [1.29, 1.82) is 0 Å². The number of hydrogen-bond acceptors (Lipinski definition) is 5. The molecule has 3 amide bonds. The van der Waals surface area contributed by atoms with E-state index >= 15 is 0 Å². The Kier molecular flexibility index (Phi) is 6.11. The van der Waals surface area contributed by atoms with Gasteiger partial charge in [0.2, 0.25) is 11.8 Å². The fourth-order valence-electron chi connectivity index (χ4n) is 3.95. The number of likely N-dealkylation sites (tertiary alicyclic amines) is 1. The summed E-state index contributed by atoms with van der Waals surface area (Å²) in [6, 6.07) is 6.36. The van der Waals surface area contributed by atoms with Crippen molar-refractivity contribution in [1.82, 2.24) is 4.90 Å². The molecule has 3 atom stereocenters. The number of benzene rings is 1. The zero-order valence-corrected chi connectivity index (χ0v) is 16.3. The van der Waals surface area contributed by atoms with Crippen LogP contribution in [-0.4, -0.2) is 41.2 Å². The Labute approximate surface area is 164 Å². The maximum atomic E-state index is 12.5. The predicted molar refractivity (Wildman–Crippen MR) is 102 cm³/mol. The second kappa shape index (κ2) is 8.54. The molecule has 7 nitrogen and oxygen atoms in total. The van der Waals surface area contributed by atoms with Gasteiger partial charge >= 0.3 is 5.97 Å². The molecule has 1 N–H and O–H groups in total. The fraction of sp³-hybridized carbons (Fsp3) is 0.524. The number of carbonyl (C=O) groups is 4. The fourth-order valence-corrected chi connectivity index (χ4v) is 3.95. The SMILES string of the molecule is CCc1ccc(NC(=O)COC(=O)[C@H](C)N2C(=O)[C@H]3CCCC[C@@H]3C2=O)cc1. The highest BCUT2D eigenvalue weighted by molar-refractivity contribution is 6.08. The van der Waals surface area contributed by atoms with E-state index in [-0.39, 0.29) is 23.7 Å². The lowest BCUT2D eigenvalue weighted by Crippen LogP contribution is -2.45. The number of ether oxygens (including phenoxy) is 1. The van der Waals surface area contributed by atoms with Gasteiger partial charge in [-0.1, -0.05) is 31.9 Å². The molecule has 1 aromatic carbocycles. The Balaban J connectivity index is 1.53. The van der Waals surface area contributed by atoms with Gasteiger partial charge in [-0.25, -0.2) is 4.79 Å². The second-order valence-electron chi connectivity index (χ2n) is 7.43. The smallest absolute Gasteiger partial charge is 0.329 e. The van der Waals surface area contributed by atoms with E-state index in [1.165, 1.54) is 6.92 Å². The van der Waals surface area contributed by atoms with Gasteiger partial charge in [-0.2, -0.15) is 0 Å². The van der Waals surface area contributed by atoms with Crippen molar-refractivity contribution in [2.45, 2.75) is 52.0 Å². The Bertz CT molecular complexity index is 750. The molecule has 1 saturated heterocycles. The summed E-state index contributed by atoms with van der Waals surface area (Å²) in [6.45, 7) is 3.04. The quantitative estimate of drug-likeness (QED) is 0.598. The van der Waals surface area contributed by atoms with Crippen LogP contribution in [0.15, 0.2) is 24.3 Å². The van der Waals surface area contributed by atoms with Crippen molar-refractivity contribution < 1.29 is 23.9 Å². The summed E-state index contributed by atoms with van der Waals surface area (Å²) in [6.07, 6.45) is 4.12. The number of esters is 1. The third kappa shape index (κ3) is 4.08. The minimum absolute atomic E-state index is 0.292. The van der Waals surface area contributed by atoms with Gasteiger partial charge in [-0.15, -0.1) is 0 Å². The first-order valence-corrected chi connectivity index (χ1v) is 9.84. The van der Waals surface area contributed by atoms with Crippen molar-refractivity contribution in [2.24, 2.45) is 11.8 Å². The second-order valence-corrected chi connectivity index (χ2v) is 7.43. The Hall–Kier alpha value is -2.70. The highest BCUT2D eigenvalue weighted by Gasteiger charge is 2.51. The van der Waals surface area contributed by atoms with Crippen LogP contribution in [0.25, 0.3) is 0 Å². The number of rotatable bonds is 6. The number of hydrogen-bond donors (Lipinski definition) is 1. The summed E-state index contributed by atoms with van der Waals surface area (Å²) in [5.74, 6) is -2.44. The van der Waals surface area contributed by atoms with E-state index in [9.17, 15) is 19.2 Å². The van der Waals surface area contributed by atoms with Gasteiger partial charge in [-0.3, -0.25) is 19.3 Å². The molecular formula is C21H26N2O5. The molecule has 1 aliphatic heterocycles. The van der Waals surface area contributed by atoms with Crippen molar-refractivity contribution in [2.75, 3.05) is 11.9 Å². The van der Waals surface area contributed by atoms with Gasteiger partial charge in [0, 0.05) is 5.69 Å². The topological polar surface area (TPSA) is 92.8 Å². The van der Waals surface area contributed by atoms with Crippen molar-refractivity contribution >= 4 is 29.4 Å². The lowest BCUT2D eigenvalue weighted by atomic mass is 9.81. The Morgan fingerprint density at radius 2 is 1.68 bits per heavy atom. The number of nitrogens with zero attached hydrogens (tertiary/aromatic N) is 1. The first kappa shape index (κ1) is 20.0. The van der Waals surface area contributed by atoms with Crippen molar-refractivity contribution in [3.8, 4) is 0 Å². The number of imide groups is 1. The average Bonchev–Trinajstić information content (AvgIpc) is 2.97. The normalized spacial score (nSPS) is 22.6. The summed E-state index contributed by atoms with van der Waals surface area (Å²) >= 11 is 0. The number of amides is 3. The Morgan fingerprint density at radius 1 is 1.11 bits per heavy atom. The van der Waals surface area contributed by atoms with E-state index in [4.69, 9.17) is 4.74 Å². The monoisotopic (exact) mass is 386 g/mol. The molecular weight excluding hydrogens is 360 g/mol. The van der Waals surface area contributed by atoms with Gasteiger partial charge in [0.25, 0.3) is 5.91 Å². The van der Waals surface area contributed by atoms with Crippen LogP contribution in [0.5, 0.6) is 0 Å². The van der Waals surface area contributed by atoms with E-state index in [0.717, 1.165) is 29.7 Å². The van der Waals surface area contributed by atoms with Crippen LogP contribution < -0.4 is 5.32 Å². The molecule has 7 heteroatoms. The molecule has 0 spiro atoms. The largest absolute Gasteiger partial charge is 0.454 e. The van der Waals surface area contributed by atoms with Crippen LogP contribution in [0, 0.1) is 11.8 Å². The van der Waals surface area contributed by atoms with Gasteiger partial charge in [-0.05, 0) is 43.9 Å². The molecule has 2 aliphatic rings. The van der Waals surface area contributed by atoms with Gasteiger partial charge in [0.05, 0.1) is 11.8 Å². The van der Waals surface area contributed by atoms with Crippen LogP contribution in [0.3, 0.4) is 0 Å². The lowest BCUT2D eigenvalue weighted by molar-refractivity contribution is -0.159. The van der Waals surface area contributed by atoms with E-state index in [2.05, 4.69) is 5.32 Å². The molecule has 1 heterocycles. The van der Waals surface area contributed by atoms with Crippen molar-refractivity contribution in [3.05, 3.63) is 29.8 Å². The number of nitrogens with one attached hydrogen (secondary N) is 1. The van der Waals surface area contributed by atoms with Crippen molar-refractivity contribution in [3.63, 3.8) is 0 Å². The highest BCUT2D eigenvalue weighted by atomic mass is 16.5.